The Morgan fingerprint density at radius 3 is 2.84 bits per heavy atom. The molecule has 32 heavy (non-hydrogen) atoms. The summed E-state index contributed by atoms with van der Waals surface area (Å²) in [4.78, 5) is 41.0. The largest absolute Gasteiger partial charge is 0.489 e. The lowest BCUT2D eigenvalue weighted by Gasteiger charge is -2.38. The molecule has 1 N–H and O–H groups in total. The summed E-state index contributed by atoms with van der Waals surface area (Å²) in [6, 6.07) is 7.57. The predicted octanol–water partition coefficient (Wildman–Crippen LogP) is 1.60. The molecule has 2 aliphatic heterocycles. The first-order chi connectivity index (χ1) is 15.5. The number of ether oxygens (including phenoxy) is 2. The number of carbonyl (C=O) groups excluding carboxylic acids is 3. The second-order valence-corrected chi connectivity index (χ2v) is 8.32. The third-order valence-electron chi connectivity index (χ3n) is 6.06. The molecule has 2 bridgehead atoms. The van der Waals surface area contributed by atoms with Crippen LogP contribution in [-0.2, 0) is 25.7 Å². The van der Waals surface area contributed by atoms with E-state index >= 15 is 0 Å². The minimum Gasteiger partial charge on any atom is -0.489 e. The first kappa shape index (κ1) is 23.8. The van der Waals surface area contributed by atoms with Crippen LogP contribution in [0.1, 0.15) is 25.3 Å². The summed E-state index contributed by atoms with van der Waals surface area (Å²) in [6.45, 7) is 4.30. The maximum Gasteiger partial charge on any atom is 0.242 e. The van der Waals surface area contributed by atoms with Crippen LogP contribution in [0.5, 0.6) is 5.75 Å². The molecule has 2 atom stereocenters. The Bertz CT molecular complexity index is 841. The molecule has 1 aromatic rings. The number of carbonyl (C=O) groups is 3. The van der Waals surface area contributed by atoms with Crippen molar-refractivity contribution in [1.29, 1.82) is 0 Å². The Labute approximate surface area is 189 Å². The van der Waals surface area contributed by atoms with Crippen LogP contribution in [0.15, 0.2) is 36.4 Å². The van der Waals surface area contributed by atoms with Gasteiger partial charge in [-0.25, -0.2) is 0 Å². The maximum absolute atomic E-state index is 13.0. The number of para-hydroxylation sites is 1. The molecule has 2 aliphatic rings. The van der Waals surface area contributed by atoms with Gasteiger partial charge in [-0.1, -0.05) is 30.4 Å². The fourth-order valence-electron chi connectivity index (χ4n) is 4.22. The number of rotatable bonds is 5. The minimum absolute atomic E-state index is 0.00363. The minimum atomic E-state index is -0.152. The molecule has 0 unspecified atom stereocenters. The summed E-state index contributed by atoms with van der Waals surface area (Å²) in [6.07, 6.45) is 5.17. The summed E-state index contributed by atoms with van der Waals surface area (Å²) >= 11 is 0. The first-order valence-corrected chi connectivity index (χ1v) is 11.1. The van der Waals surface area contributed by atoms with Gasteiger partial charge in [0.1, 0.15) is 18.9 Å². The van der Waals surface area contributed by atoms with Crippen molar-refractivity contribution in [3.05, 3.63) is 42.0 Å². The molecule has 1 saturated heterocycles. The molecule has 0 aromatic heterocycles. The summed E-state index contributed by atoms with van der Waals surface area (Å²) in [5.41, 5.74) is 0.867. The van der Waals surface area contributed by atoms with Crippen LogP contribution in [0.25, 0.3) is 0 Å². The molecule has 0 spiro atoms. The van der Waals surface area contributed by atoms with Gasteiger partial charge >= 0.3 is 0 Å². The second kappa shape index (κ2) is 11.7. The second-order valence-electron chi connectivity index (χ2n) is 8.32. The molecular weight excluding hydrogens is 410 g/mol. The molecule has 0 aliphatic carbocycles. The van der Waals surface area contributed by atoms with Crippen LogP contribution in [0.3, 0.4) is 0 Å². The van der Waals surface area contributed by atoms with E-state index in [-0.39, 0.29) is 36.1 Å². The highest BCUT2D eigenvalue weighted by Crippen LogP contribution is 2.29. The Balaban J connectivity index is 1.77. The zero-order valence-electron chi connectivity index (χ0n) is 18.9. The van der Waals surface area contributed by atoms with Crippen LogP contribution in [0, 0.1) is 11.8 Å². The van der Waals surface area contributed by atoms with Gasteiger partial charge in [-0.05, 0) is 24.3 Å². The van der Waals surface area contributed by atoms with Crippen molar-refractivity contribution in [2.45, 2.75) is 26.3 Å². The number of nitrogens with one attached hydrogen (secondary N) is 1. The van der Waals surface area contributed by atoms with E-state index in [9.17, 15) is 14.4 Å². The van der Waals surface area contributed by atoms with E-state index < -0.39 is 0 Å². The molecule has 3 amide bonds. The van der Waals surface area contributed by atoms with Crippen LogP contribution >= 0.6 is 0 Å². The Morgan fingerprint density at radius 2 is 2.06 bits per heavy atom. The number of fused-ring (bicyclic) bond motifs is 3. The van der Waals surface area contributed by atoms with Crippen molar-refractivity contribution in [2.24, 2.45) is 11.8 Å². The van der Waals surface area contributed by atoms with Gasteiger partial charge in [-0.2, -0.15) is 0 Å². The average Bonchev–Trinajstić information content (AvgIpc) is 2.78. The van der Waals surface area contributed by atoms with Gasteiger partial charge in [-0.15, -0.1) is 0 Å². The molecule has 2 heterocycles. The molecule has 8 heteroatoms. The van der Waals surface area contributed by atoms with E-state index in [1.807, 2.05) is 35.2 Å². The van der Waals surface area contributed by atoms with Crippen LogP contribution in [-0.4, -0.2) is 74.0 Å². The summed E-state index contributed by atoms with van der Waals surface area (Å²) in [7, 11) is 1.60. The van der Waals surface area contributed by atoms with Crippen molar-refractivity contribution in [2.75, 3.05) is 46.5 Å². The zero-order valence-corrected chi connectivity index (χ0v) is 18.9. The first-order valence-electron chi connectivity index (χ1n) is 11.1. The van der Waals surface area contributed by atoms with Gasteiger partial charge in [-0.3, -0.25) is 14.4 Å². The summed E-state index contributed by atoms with van der Waals surface area (Å²) in [5, 5.41) is 2.88. The van der Waals surface area contributed by atoms with E-state index in [1.54, 1.807) is 12.0 Å². The molecule has 0 saturated carbocycles. The molecule has 8 nitrogen and oxygen atoms in total. The topological polar surface area (TPSA) is 88.2 Å². The van der Waals surface area contributed by atoms with E-state index in [0.29, 0.717) is 51.6 Å². The highest BCUT2D eigenvalue weighted by atomic mass is 16.5. The predicted molar refractivity (Wildman–Crippen MR) is 120 cm³/mol. The molecule has 1 fully saturated rings. The van der Waals surface area contributed by atoms with E-state index in [0.717, 1.165) is 12.0 Å². The lowest BCUT2D eigenvalue weighted by molar-refractivity contribution is -0.141. The monoisotopic (exact) mass is 443 g/mol. The van der Waals surface area contributed by atoms with Gasteiger partial charge in [0.2, 0.25) is 17.7 Å². The standard InChI is InChI=1S/C24H33N3O5/c1-18(28)27-16-21-6-3-4-8-22(21)32-12-5-7-20-15-26(24(30)17-27)11-9-19(20)14-23(29)25-10-13-31-2/h3-8,19-20H,9-17H2,1-2H3,(H,25,29)/b7-5+/t19-,20-/m0/s1. The number of hydrogen-bond donors (Lipinski definition) is 1. The Hall–Kier alpha value is -2.87. The number of piperidine rings is 1. The SMILES string of the molecule is COCCNC(=O)C[C@@H]1CCN2C[C@@H]1/C=C/COc1ccccc1CN(C(C)=O)CC2=O. The van der Waals surface area contributed by atoms with Crippen LogP contribution in [0.2, 0.25) is 0 Å². The third-order valence-corrected chi connectivity index (χ3v) is 6.06. The Morgan fingerprint density at radius 1 is 1.25 bits per heavy atom. The third kappa shape index (κ3) is 6.56. The summed E-state index contributed by atoms with van der Waals surface area (Å²) in [5.74, 6) is 0.661. The average molecular weight is 444 g/mol. The summed E-state index contributed by atoms with van der Waals surface area (Å²) < 4.78 is 10.9. The van der Waals surface area contributed by atoms with Gasteiger partial charge in [0, 0.05) is 52.2 Å². The molecule has 1 aromatic carbocycles. The van der Waals surface area contributed by atoms with Gasteiger partial charge in [0.15, 0.2) is 0 Å². The number of amides is 3. The Kier molecular flexibility index (Phi) is 8.67. The molecule has 174 valence electrons. The fraction of sp³-hybridized carbons (Fsp3) is 0.542. The van der Waals surface area contributed by atoms with Gasteiger partial charge in [0.25, 0.3) is 0 Å². The van der Waals surface area contributed by atoms with E-state index in [2.05, 4.69) is 11.4 Å². The van der Waals surface area contributed by atoms with Crippen LogP contribution < -0.4 is 10.1 Å². The van der Waals surface area contributed by atoms with E-state index in [1.165, 1.54) is 6.92 Å². The zero-order chi connectivity index (χ0) is 22.9. The highest BCUT2D eigenvalue weighted by molar-refractivity contribution is 5.84. The number of nitrogens with zero attached hydrogens (tertiary/aromatic N) is 2. The van der Waals surface area contributed by atoms with E-state index in [4.69, 9.17) is 9.47 Å². The highest BCUT2D eigenvalue weighted by Gasteiger charge is 2.32. The normalized spacial score (nSPS) is 22.5. The van der Waals surface area contributed by atoms with Gasteiger partial charge in [0.05, 0.1) is 6.61 Å². The van der Waals surface area contributed by atoms with Crippen molar-refractivity contribution in [3.8, 4) is 5.75 Å². The quantitative estimate of drug-likeness (QED) is 0.552. The van der Waals surface area contributed by atoms with Crippen LogP contribution in [0.4, 0.5) is 0 Å². The van der Waals surface area contributed by atoms with Gasteiger partial charge < -0.3 is 24.6 Å². The molecule has 3 rings (SSSR count). The lowest BCUT2D eigenvalue weighted by Crippen LogP contribution is -2.48. The molecular formula is C24H33N3O5. The number of methoxy groups -OCH3 is 1. The van der Waals surface area contributed by atoms with Crippen molar-refractivity contribution in [1.82, 2.24) is 15.1 Å². The van der Waals surface area contributed by atoms with Crippen molar-refractivity contribution in [3.63, 3.8) is 0 Å². The van der Waals surface area contributed by atoms with Crippen molar-refractivity contribution < 1.29 is 23.9 Å². The number of benzene rings is 1. The van der Waals surface area contributed by atoms with Crippen molar-refractivity contribution >= 4 is 17.7 Å². The fourth-order valence-corrected chi connectivity index (χ4v) is 4.22. The maximum atomic E-state index is 13.0. The smallest absolute Gasteiger partial charge is 0.242 e. The lowest BCUT2D eigenvalue weighted by atomic mass is 9.82. The molecule has 0 radical (unpaired) electrons. The number of hydrogen-bond acceptors (Lipinski definition) is 5.